The molecule has 5 nitrogen and oxygen atoms in total. The van der Waals surface area contributed by atoms with Gasteiger partial charge >= 0.3 is 0 Å². The molecule has 4 rings (SSSR count). The Morgan fingerprint density at radius 2 is 2.00 bits per heavy atom. The molecule has 4 aromatic rings. The second kappa shape index (κ2) is 5.56. The lowest BCUT2D eigenvalue weighted by atomic mass is 10.1. The fourth-order valence-corrected chi connectivity index (χ4v) is 2.71. The van der Waals surface area contributed by atoms with Crippen molar-refractivity contribution in [3.63, 3.8) is 0 Å². The Balaban J connectivity index is 1.84. The monoisotopic (exact) mass is 322 g/mol. The van der Waals surface area contributed by atoms with Crippen LogP contribution in [0.15, 0.2) is 42.7 Å². The molecule has 6 heteroatoms. The maximum Gasteiger partial charge on any atom is 0.165 e. The molecule has 0 bridgehead atoms. The van der Waals surface area contributed by atoms with E-state index in [9.17, 15) is 4.39 Å². The summed E-state index contributed by atoms with van der Waals surface area (Å²) in [6.45, 7) is 2.85. The van der Waals surface area contributed by atoms with E-state index in [1.54, 1.807) is 18.3 Å². The van der Waals surface area contributed by atoms with E-state index in [4.69, 9.17) is 4.74 Å². The van der Waals surface area contributed by atoms with Crippen LogP contribution in [-0.2, 0) is 6.54 Å². The van der Waals surface area contributed by atoms with E-state index in [1.165, 1.54) is 13.2 Å². The summed E-state index contributed by atoms with van der Waals surface area (Å²) in [5.74, 6) is -0.214. The fraction of sp³-hybridized carbons (Fsp3) is 0.167. The van der Waals surface area contributed by atoms with Gasteiger partial charge in [-0.05, 0) is 37.3 Å². The van der Waals surface area contributed by atoms with Gasteiger partial charge in [-0.25, -0.2) is 9.37 Å². The number of aromatic nitrogens is 4. The highest BCUT2D eigenvalue weighted by Gasteiger charge is 2.09. The molecule has 0 saturated carbocycles. The van der Waals surface area contributed by atoms with Crippen LogP contribution < -0.4 is 4.74 Å². The molecule has 2 aromatic heterocycles. The molecule has 0 fully saturated rings. The van der Waals surface area contributed by atoms with Crippen LogP contribution in [0.25, 0.3) is 33.2 Å². The van der Waals surface area contributed by atoms with Gasteiger partial charge in [0.05, 0.1) is 35.6 Å². The van der Waals surface area contributed by atoms with Crippen LogP contribution in [0.2, 0.25) is 0 Å². The first-order valence-electron chi connectivity index (χ1n) is 7.66. The molecular weight excluding hydrogens is 307 g/mol. The third-order valence-electron chi connectivity index (χ3n) is 3.99. The zero-order valence-electron chi connectivity index (χ0n) is 13.3. The number of hydrogen-bond acceptors (Lipinski definition) is 4. The summed E-state index contributed by atoms with van der Waals surface area (Å²) in [6.07, 6.45) is 3.64. The van der Waals surface area contributed by atoms with E-state index in [0.717, 1.165) is 28.5 Å². The Morgan fingerprint density at radius 1 is 1.12 bits per heavy atom. The topological polar surface area (TPSA) is 52.8 Å². The second-order valence-electron chi connectivity index (χ2n) is 5.49. The molecule has 0 unspecified atom stereocenters. The van der Waals surface area contributed by atoms with Gasteiger partial charge in [0, 0.05) is 23.7 Å². The van der Waals surface area contributed by atoms with Crippen molar-refractivity contribution in [1.29, 1.82) is 0 Å². The van der Waals surface area contributed by atoms with Crippen molar-refractivity contribution in [2.75, 3.05) is 7.11 Å². The molecule has 0 amide bonds. The summed E-state index contributed by atoms with van der Waals surface area (Å²) in [5, 5.41) is 5.52. The van der Waals surface area contributed by atoms with Crippen LogP contribution in [0, 0.1) is 5.82 Å². The fourth-order valence-electron chi connectivity index (χ4n) is 2.71. The first-order valence-corrected chi connectivity index (χ1v) is 7.66. The van der Waals surface area contributed by atoms with E-state index >= 15 is 0 Å². The second-order valence-corrected chi connectivity index (χ2v) is 5.49. The Hall–Kier alpha value is -3.02. The molecule has 24 heavy (non-hydrogen) atoms. The van der Waals surface area contributed by atoms with Crippen molar-refractivity contribution in [2.45, 2.75) is 13.5 Å². The third-order valence-corrected chi connectivity index (χ3v) is 3.99. The van der Waals surface area contributed by atoms with E-state index in [1.807, 2.05) is 29.9 Å². The molecule has 120 valence electrons. The average molecular weight is 322 g/mol. The Morgan fingerprint density at radius 3 is 2.75 bits per heavy atom. The minimum Gasteiger partial charge on any atom is -0.494 e. The number of ether oxygens (including phenoxy) is 1. The zero-order valence-corrected chi connectivity index (χ0v) is 13.3. The number of rotatable bonds is 3. The molecule has 0 radical (unpaired) electrons. The van der Waals surface area contributed by atoms with Crippen molar-refractivity contribution in [2.24, 2.45) is 0 Å². The molecular formula is C18H15FN4O. The van der Waals surface area contributed by atoms with Crippen molar-refractivity contribution < 1.29 is 9.13 Å². The quantitative estimate of drug-likeness (QED) is 0.575. The van der Waals surface area contributed by atoms with Gasteiger partial charge in [0.1, 0.15) is 0 Å². The summed E-state index contributed by atoms with van der Waals surface area (Å²) >= 11 is 0. The van der Waals surface area contributed by atoms with Crippen LogP contribution in [0.5, 0.6) is 5.75 Å². The van der Waals surface area contributed by atoms with Crippen LogP contribution in [0.4, 0.5) is 4.39 Å². The molecule has 0 atom stereocenters. The van der Waals surface area contributed by atoms with Crippen molar-refractivity contribution in [3.05, 3.63) is 48.5 Å². The maximum atomic E-state index is 13.9. The highest BCUT2D eigenvalue weighted by molar-refractivity contribution is 5.93. The van der Waals surface area contributed by atoms with Crippen molar-refractivity contribution >= 4 is 21.9 Å². The average Bonchev–Trinajstić information content (AvgIpc) is 3.01. The summed E-state index contributed by atoms with van der Waals surface area (Å²) in [7, 11) is 1.44. The predicted octanol–water partition coefficient (Wildman–Crippen LogP) is 3.81. The normalized spacial score (nSPS) is 11.3. The number of methoxy groups -OCH3 is 1. The van der Waals surface area contributed by atoms with Crippen LogP contribution in [0.3, 0.4) is 0 Å². The number of fused-ring (bicyclic) bond motifs is 2. The molecule has 0 aliphatic rings. The maximum absolute atomic E-state index is 13.9. The number of aryl methyl sites for hydroxylation is 1. The zero-order chi connectivity index (χ0) is 16.7. The Kier molecular flexibility index (Phi) is 3.37. The standard InChI is InChI=1S/C18H15FN4O/c1-3-23-10-12-7-15-16(8-14(12)22-23)21-17(9-20-15)11-4-5-18(24-2)13(19)6-11/h4-10H,3H2,1-2H3. The minimum atomic E-state index is -0.422. The minimum absolute atomic E-state index is 0.208. The highest BCUT2D eigenvalue weighted by atomic mass is 19.1. The highest BCUT2D eigenvalue weighted by Crippen LogP contribution is 2.26. The van der Waals surface area contributed by atoms with Gasteiger partial charge in [0.25, 0.3) is 0 Å². The first-order chi connectivity index (χ1) is 11.7. The third kappa shape index (κ3) is 2.36. The largest absolute Gasteiger partial charge is 0.494 e. The number of nitrogens with zero attached hydrogens (tertiary/aromatic N) is 4. The predicted molar refractivity (Wildman–Crippen MR) is 90.4 cm³/mol. The van der Waals surface area contributed by atoms with Gasteiger partial charge in [-0.1, -0.05) is 0 Å². The molecule has 0 spiro atoms. The molecule has 2 aromatic carbocycles. The molecule has 0 aliphatic carbocycles. The number of hydrogen-bond donors (Lipinski definition) is 0. The van der Waals surface area contributed by atoms with Gasteiger partial charge in [-0.3, -0.25) is 9.67 Å². The Bertz CT molecular complexity index is 1060. The van der Waals surface area contributed by atoms with E-state index in [-0.39, 0.29) is 5.75 Å². The van der Waals surface area contributed by atoms with Gasteiger partial charge in [0.15, 0.2) is 11.6 Å². The smallest absolute Gasteiger partial charge is 0.165 e. The van der Waals surface area contributed by atoms with Crippen LogP contribution in [0.1, 0.15) is 6.92 Å². The van der Waals surface area contributed by atoms with Crippen molar-refractivity contribution in [1.82, 2.24) is 19.7 Å². The van der Waals surface area contributed by atoms with E-state index < -0.39 is 5.82 Å². The number of benzene rings is 2. The van der Waals surface area contributed by atoms with Gasteiger partial charge in [0.2, 0.25) is 0 Å². The summed E-state index contributed by atoms with van der Waals surface area (Å²) < 4.78 is 20.7. The number of halogens is 1. The first kappa shape index (κ1) is 14.6. The SMILES string of the molecule is CCn1cc2cc3ncc(-c4ccc(OC)c(F)c4)nc3cc2n1. The molecule has 0 N–H and O–H groups in total. The van der Waals surface area contributed by atoms with Gasteiger partial charge in [-0.15, -0.1) is 0 Å². The molecule has 0 saturated heterocycles. The van der Waals surface area contributed by atoms with Crippen LogP contribution in [-0.4, -0.2) is 26.9 Å². The molecule has 2 heterocycles. The van der Waals surface area contributed by atoms with Gasteiger partial charge < -0.3 is 4.74 Å². The summed E-state index contributed by atoms with van der Waals surface area (Å²) in [6, 6.07) is 8.63. The van der Waals surface area contributed by atoms with Crippen molar-refractivity contribution in [3.8, 4) is 17.0 Å². The Labute approximate surface area is 137 Å². The lowest BCUT2D eigenvalue weighted by molar-refractivity contribution is 0.386. The summed E-state index contributed by atoms with van der Waals surface area (Å²) in [4.78, 5) is 9.07. The summed E-state index contributed by atoms with van der Waals surface area (Å²) in [5.41, 5.74) is 3.66. The van der Waals surface area contributed by atoms with E-state index in [2.05, 4.69) is 15.1 Å². The van der Waals surface area contributed by atoms with Gasteiger partial charge in [-0.2, -0.15) is 5.10 Å². The lowest BCUT2D eigenvalue weighted by Crippen LogP contribution is -1.92. The van der Waals surface area contributed by atoms with Crippen LogP contribution >= 0.6 is 0 Å². The van der Waals surface area contributed by atoms with E-state index in [0.29, 0.717) is 11.3 Å². The lowest BCUT2D eigenvalue weighted by Gasteiger charge is -2.05. The molecule has 0 aliphatic heterocycles.